The molecule has 0 N–H and O–H groups in total. The minimum Gasteiger partial charge on any atom is -0.414 e. The summed E-state index contributed by atoms with van der Waals surface area (Å²) >= 11 is 0. The van der Waals surface area contributed by atoms with Crippen molar-refractivity contribution in [2.24, 2.45) is 0 Å². The Hall–Kier alpha value is 0.628. The van der Waals surface area contributed by atoms with Crippen molar-refractivity contribution in [2.75, 3.05) is 13.2 Å². The second kappa shape index (κ2) is 12.6. The van der Waals surface area contributed by atoms with Gasteiger partial charge in [-0.15, -0.1) is 0 Å². The molecule has 0 radical (unpaired) electrons. The summed E-state index contributed by atoms with van der Waals surface area (Å²) in [5.74, 6) is -0.834. The molecular formula is C33H72O6Si4. The predicted octanol–water partition coefficient (Wildman–Crippen LogP) is 10.1. The molecule has 0 unspecified atom stereocenters. The highest BCUT2D eigenvalue weighted by molar-refractivity contribution is 6.75. The Morgan fingerprint density at radius 1 is 0.651 bits per heavy atom. The van der Waals surface area contributed by atoms with E-state index in [4.69, 9.17) is 27.2 Å². The molecule has 0 aromatic carbocycles. The maximum atomic E-state index is 7.44. The van der Waals surface area contributed by atoms with Crippen molar-refractivity contribution in [2.45, 2.75) is 199 Å². The largest absolute Gasteiger partial charge is 0.414 e. The smallest absolute Gasteiger partial charge is 0.196 e. The molecule has 2 fully saturated rings. The van der Waals surface area contributed by atoms with Crippen LogP contribution in [-0.2, 0) is 27.2 Å². The molecule has 2 saturated heterocycles. The lowest BCUT2D eigenvalue weighted by molar-refractivity contribution is -0.238. The van der Waals surface area contributed by atoms with E-state index in [0.717, 1.165) is 12.8 Å². The van der Waals surface area contributed by atoms with Gasteiger partial charge in [-0.05, 0) is 78.9 Å². The lowest BCUT2D eigenvalue weighted by Gasteiger charge is -2.46. The maximum absolute atomic E-state index is 7.44. The Morgan fingerprint density at radius 2 is 1.09 bits per heavy atom. The minimum absolute atomic E-state index is 0.0266. The van der Waals surface area contributed by atoms with Gasteiger partial charge >= 0.3 is 0 Å². The standard InChI is InChI=1S/C33H72O6Si4/c1-29(2,3)40(13,14)35-24-25(37-41(15,16)30(4,5)6)26-27(38-42(17,18)31(7,8)9)28(33(36-26)22-21-23-34-33)39-43(19,20)32(10,11)12/h25-28H,21-24H2,1-20H3/t25-,26-,27+,28-,33+/m1/s1. The molecule has 256 valence electrons. The lowest BCUT2D eigenvalue weighted by atomic mass is 10.0. The fourth-order valence-corrected chi connectivity index (χ4v) is 9.50. The van der Waals surface area contributed by atoms with Crippen molar-refractivity contribution in [3.8, 4) is 0 Å². The van der Waals surface area contributed by atoms with Gasteiger partial charge in [-0.25, -0.2) is 0 Å². The fraction of sp³-hybridized carbons (Fsp3) is 1.00. The van der Waals surface area contributed by atoms with E-state index in [1.807, 2.05) is 0 Å². The van der Waals surface area contributed by atoms with Gasteiger partial charge < -0.3 is 27.2 Å². The molecule has 2 aliphatic heterocycles. The summed E-state index contributed by atoms with van der Waals surface area (Å²) in [5, 5.41) is 0.189. The molecule has 0 aromatic heterocycles. The van der Waals surface area contributed by atoms with E-state index < -0.39 is 39.1 Å². The van der Waals surface area contributed by atoms with Gasteiger partial charge in [0.2, 0.25) is 0 Å². The summed E-state index contributed by atoms with van der Waals surface area (Å²) in [6.07, 6.45) is 0.459. The van der Waals surface area contributed by atoms with Gasteiger partial charge in [-0.1, -0.05) is 83.1 Å². The van der Waals surface area contributed by atoms with Crippen LogP contribution in [0, 0.1) is 0 Å². The Kier molecular flexibility index (Phi) is 11.6. The van der Waals surface area contributed by atoms with Gasteiger partial charge in [0.05, 0.1) is 19.3 Å². The molecular weight excluding hydrogens is 605 g/mol. The van der Waals surface area contributed by atoms with Crippen LogP contribution < -0.4 is 0 Å². The third-order valence-electron chi connectivity index (χ3n) is 11.9. The van der Waals surface area contributed by atoms with Crippen LogP contribution in [0.5, 0.6) is 0 Å². The van der Waals surface area contributed by atoms with E-state index in [1.54, 1.807) is 0 Å². The quantitative estimate of drug-likeness (QED) is 0.215. The van der Waals surface area contributed by atoms with Crippen molar-refractivity contribution < 1.29 is 27.2 Å². The minimum atomic E-state index is -2.25. The first-order valence-corrected chi connectivity index (χ1v) is 28.4. The topological polar surface area (TPSA) is 55.4 Å². The summed E-state index contributed by atoms with van der Waals surface area (Å²) in [6, 6.07) is 0. The van der Waals surface area contributed by atoms with Gasteiger partial charge in [0.15, 0.2) is 39.1 Å². The van der Waals surface area contributed by atoms with Crippen LogP contribution in [0.1, 0.15) is 95.9 Å². The zero-order chi connectivity index (χ0) is 33.9. The second-order valence-corrected chi connectivity index (χ2v) is 38.6. The molecule has 10 heteroatoms. The first-order valence-electron chi connectivity index (χ1n) is 16.8. The molecule has 5 atom stereocenters. The molecule has 1 spiro atoms. The van der Waals surface area contributed by atoms with Gasteiger partial charge in [0, 0.05) is 6.42 Å². The number of hydrogen-bond donors (Lipinski definition) is 0. The van der Waals surface area contributed by atoms with Gasteiger partial charge in [-0.3, -0.25) is 0 Å². The average Bonchev–Trinajstić information content (AvgIpc) is 3.34. The lowest BCUT2D eigenvalue weighted by Crippen LogP contribution is -2.59. The van der Waals surface area contributed by atoms with Gasteiger partial charge in [0.25, 0.3) is 0 Å². The highest BCUT2D eigenvalue weighted by atomic mass is 28.4. The van der Waals surface area contributed by atoms with Gasteiger partial charge in [0.1, 0.15) is 18.3 Å². The van der Waals surface area contributed by atoms with E-state index in [0.29, 0.717) is 13.2 Å². The Balaban J connectivity index is 2.74. The molecule has 0 aromatic rings. The third-order valence-corrected chi connectivity index (χ3v) is 29.8. The van der Waals surface area contributed by atoms with Crippen molar-refractivity contribution in [3.63, 3.8) is 0 Å². The van der Waals surface area contributed by atoms with Gasteiger partial charge in [-0.2, -0.15) is 0 Å². The number of hydrogen-bond acceptors (Lipinski definition) is 6. The fourth-order valence-electron chi connectivity index (χ4n) is 4.58. The predicted molar refractivity (Wildman–Crippen MR) is 192 cm³/mol. The van der Waals surface area contributed by atoms with Crippen LogP contribution in [0.25, 0.3) is 0 Å². The molecule has 0 saturated carbocycles. The Labute approximate surface area is 271 Å². The number of ether oxygens (including phenoxy) is 2. The summed E-state index contributed by atoms with van der Waals surface area (Å²) in [6.45, 7) is 47.4. The maximum Gasteiger partial charge on any atom is 0.196 e. The van der Waals surface area contributed by atoms with Crippen LogP contribution in [0.3, 0.4) is 0 Å². The normalized spacial score (nSPS) is 27.8. The molecule has 43 heavy (non-hydrogen) atoms. The molecule has 2 heterocycles. The molecule has 6 nitrogen and oxygen atoms in total. The zero-order valence-electron chi connectivity index (χ0n) is 32.1. The monoisotopic (exact) mass is 676 g/mol. The molecule has 2 aliphatic rings. The first-order chi connectivity index (χ1) is 18.8. The zero-order valence-corrected chi connectivity index (χ0v) is 36.1. The second-order valence-electron chi connectivity index (χ2n) is 19.5. The molecule has 0 amide bonds. The van der Waals surface area contributed by atoms with Crippen molar-refractivity contribution in [1.82, 2.24) is 0 Å². The average molecular weight is 677 g/mol. The number of rotatable bonds is 10. The Morgan fingerprint density at radius 3 is 1.49 bits per heavy atom. The summed E-state index contributed by atoms with van der Waals surface area (Å²) < 4.78 is 42.9. The van der Waals surface area contributed by atoms with E-state index >= 15 is 0 Å². The molecule has 2 rings (SSSR count). The van der Waals surface area contributed by atoms with E-state index in [2.05, 4.69) is 135 Å². The highest BCUT2D eigenvalue weighted by Crippen LogP contribution is 2.51. The SMILES string of the molecule is CC(C)(C)[Si](C)(C)OC[C@@H](O[Si](C)(C)C(C)(C)C)[C@H]1O[C@@]2(CCCO2)[C@H](O[Si](C)(C)C(C)(C)C)[C@H]1O[Si](C)(C)C(C)(C)C. The Bertz CT molecular complexity index is 931. The third kappa shape index (κ3) is 8.76. The van der Waals surface area contributed by atoms with Crippen molar-refractivity contribution in [3.05, 3.63) is 0 Å². The van der Waals surface area contributed by atoms with Crippen LogP contribution in [-0.4, -0.2) is 76.7 Å². The molecule has 0 bridgehead atoms. The van der Waals surface area contributed by atoms with Crippen LogP contribution in [0.15, 0.2) is 0 Å². The van der Waals surface area contributed by atoms with Crippen LogP contribution in [0.4, 0.5) is 0 Å². The first kappa shape index (κ1) is 39.8. The summed E-state index contributed by atoms with van der Waals surface area (Å²) in [4.78, 5) is 0. The van der Waals surface area contributed by atoms with Crippen molar-refractivity contribution >= 4 is 33.3 Å². The van der Waals surface area contributed by atoms with E-state index in [-0.39, 0.29) is 44.6 Å². The van der Waals surface area contributed by atoms with Crippen LogP contribution in [0.2, 0.25) is 72.5 Å². The molecule has 0 aliphatic carbocycles. The highest BCUT2D eigenvalue weighted by Gasteiger charge is 2.64. The summed E-state index contributed by atoms with van der Waals surface area (Å²) in [5.41, 5.74) is 0. The van der Waals surface area contributed by atoms with E-state index in [1.165, 1.54) is 0 Å². The van der Waals surface area contributed by atoms with Crippen molar-refractivity contribution in [1.29, 1.82) is 0 Å². The summed E-state index contributed by atoms with van der Waals surface area (Å²) in [7, 11) is -8.75. The van der Waals surface area contributed by atoms with E-state index in [9.17, 15) is 0 Å². The van der Waals surface area contributed by atoms with Crippen LogP contribution >= 0.6 is 0 Å².